The van der Waals surface area contributed by atoms with E-state index in [0.717, 1.165) is 11.3 Å². The molecule has 2 atom stereocenters. The number of hydrogen-bond acceptors (Lipinski definition) is 4. The molecule has 7 heteroatoms. The Labute approximate surface area is 199 Å². The van der Waals surface area contributed by atoms with Gasteiger partial charge in [0.25, 0.3) is 0 Å². The first-order valence-corrected chi connectivity index (χ1v) is 12.2. The van der Waals surface area contributed by atoms with E-state index in [4.69, 9.17) is 0 Å². The minimum absolute atomic E-state index is 0.0109. The van der Waals surface area contributed by atoms with Gasteiger partial charge in [0.05, 0.1) is 12.8 Å². The number of Topliss-reactive ketones (excluding diaryl/α,β-unsaturated/α-hetero) is 2. The summed E-state index contributed by atoms with van der Waals surface area (Å²) in [6, 6.07) is 18.6. The fourth-order valence-corrected chi connectivity index (χ4v) is 4.62. The molecular weight excluding hydrogens is 436 g/mol. The van der Waals surface area contributed by atoms with Crippen LogP contribution < -0.4 is 0 Å². The van der Waals surface area contributed by atoms with Crippen molar-refractivity contribution in [1.29, 1.82) is 0 Å². The average Bonchev–Trinajstić information content (AvgIpc) is 2.81. The number of carbonyl (C=O) groups is 3. The van der Waals surface area contributed by atoms with Crippen LogP contribution in [0.3, 0.4) is 0 Å². The molecule has 0 radical (unpaired) electrons. The van der Waals surface area contributed by atoms with E-state index in [1.165, 1.54) is 0 Å². The lowest BCUT2D eigenvalue weighted by Crippen LogP contribution is -2.20. The van der Waals surface area contributed by atoms with E-state index in [1.54, 1.807) is 36.0 Å². The van der Waals surface area contributed by atoms with Gasteiger partial charge in [-0.2, -0.15) is 16.6 Å². The third-order valence-electron chi connectivity index (χ3n) is 5.39. The summed E-state index contributed by atoms with van der Waals surface area (Å²) < 4.78 is 0. The van der Waals surface area contributed by atoms with Gasteiger partial charge in [0.2, 0.25) is 5.78 Å². The lowest BCUT2D eigenvalue weighted by molar-refractivity contribution is -0.137. The van der Waals surface area contributed by atoms with Gasteiger partial charge in [-0.25, -0.2) is 0 Å². The summed E-state index contributed by atoms with van der Waals surface area (Å²) in [5.41, 5.74) is 11.0. The van der Waals surface area contributed by atoms with Crippen molar-refractivity contribution >= 4 is 35.0 Å². The van der Waals surface area contributed by atoms with Crippen molar-refractivity contribution in [2.24, 2.45) is 5.92 Å². The highest BCUT2D eigenvalue weighted by molar-refractivity contribution is 7.99. The van der Waals surface area contributed by atoms with E-state index < -0.39 is 5.97 Å². The molecule has 174 valence electrons. The number of carboxylic acids is 1. The second kappa shape index (κ2) is 14.2. The number of carbonyl (C=O) groups excluding carboxylic acids is 2. The first kappa shape index (κ1) is 26.2. The molecule has 2 unspecified atom stereocenters. The van der Waals surface area contributed by atoms with Gasteiger partial charge < -0.3 is 10.6 Å². The standard InChI is InChI=1S/C26H30N2O4S/c1-19(16-24(29)21-10-6-3-7-11-21)17-25(30)23(28-27)13-15-33-14-12-22(18-26(31)32)20-8-4-2-5-9-20/h2-11,19,22H,12-18H2,1H3,(H,31,32). The van der Waals surface area contributed by atoms with Crippen LogP contribution in [0.4, 0.5) is 0 Å². The number of aliphatic carboxylic acids is 1. The molecule has 0 saturated carbocycles. The number of benzene rings is 2. The number of hydrogen-bond donors (Lipinski definition) is 1. The molecule has 33 heavy (non-hydrogen) atoms. The van der Waals surface area contributed by atoms with Gasteiger partial charge in [0.1, 0.15) is 0 Å². The molecule has 0 aliphatic carbocycles. The highest BCUT2D eigenvalue weighted by Crippen LogP contribution is 2.25. The summed E-state index contributed by atoms with van der Waals surface area (Å²) in [5.74, 6) is 0.0273. The molecule has 0 fully saturated rings. The summed E-state index contributed by atoms with van der Waals surface area (Å²) in [6.45, 7) is 1.84. The van der Waals surface area contributed by atoms with Crippen LogP contribution in [0.1, 0.15) is 60.9 Å². The predicted molar refractivity (Wildman–Crippen MR) is 131 cm³/mol. The van der Waals surface area contributed by atoms with E-state index in [9.17, 15) is 25.0 Å². The smallest absolute Gasteiger partial charge is 0.335 e. The normalized spacial score (nSPS) is 12.4. The molecule has 0 aliphatic heterocycles. The monoisotopic (exact) mass is 466 g/mol. The largest absolute Gasteiger partial charge is 0.481 e. The molecule has 0 spiro atoms. The van der Waals surface area contributed by atoms with E-state index in [2.05, 4.69) is 4.79 Å². The van der Waals surface area contributed by atoms with Crippen molar-refractivity contribution in [1.82, 2.24) is 0 Å². The average molecular weight is 467 g/mol. The van der Waals surface area contributed by atoms with Gasteiger partial charge in [-0.3, -0.25) is 14.4 Å². The molecule has 2 aromatic carbocycles. The summed E-state index contributed by atoms with van der Waals surface area (Å²) in [5, 5.41) is 9.20. The molecule has 1 N–H and O–H groups in total. The zero-order chi connectivity index (χ0) is 24.1. The fourth-order valence-electron chi connectivity index (χ4n) is 3.63. The maximum Gasteiger partial charge on any atom is 0.335 e. The lowest BCUT2D eigenvalue weighted by Gasteiger charge is -2.15. The Kier molecular flexibility index (Phi) is 11.3. The van der Waals surface area contributed by atoms with E-state index in [1.807, 2.05) is 43.3 Å². The zero-order valence-electron chi connectivity index (χ0n) is 18.9. The van der Waals surface area contributed by atoms with Gasteiger partial charge in [0.15, 0.2) is 5.78 Å². The summed E-state index contributed by atoms with van der Waals surface area (Å²) in [7, 11) is 0. The second-order valence-electron chi connectivity index (χ2n) is 8.13. The van der Waals surface area contributed by atoms with Crippen LogP contribution in [0.15, 0.2) is 60.7 Å². The molecule has 2 rings (SSSR count). The molecule has 0 aliphatic rings. The quantitative estimate of drug-likeness (QED) is 0.126. The van der Waals surface area contributed by atoms with Gasteiger partial charge in [-0.1, -0.05) is 67.6 Å². The zero-order valence-corrected chi connectivity index (χ0v) is 19.7. The first-order valence-electron chi connectivity index (χ1n) is 11.1. The highest BCUT2D eigenvalue weighted by Gasteiger charge is 2.23. The van der Waals surface area contributed by atoms with Crippen molar-refractivity contribution in [3.63, 3.8) is 0 Å². The highest BCUT2D eigenvalue weighted by atomic mass is 32.2. The van der Waals surface area contributed by atoms with Gasteiger partial charge >= 0.3 is 11.7 Å². The molecule has 0 saturated heterocycles. The number of thioether (sulfide) groups is 1. The molecule has 6 nitrogen and oxygen atoms in total. The Morgan fingerprint density at radius 3 is 2.18 bits per heavy atom. The molecule has 0 amide bonds. The number of ketones is 2. The predicted octanol–water partition coefficient (Wildman–Crippen LogP) is 5.30. The minimum Gasteiger partial charge on any atom is -0.481 e. The SMILES string of the molecule is CC(CC(=O)C(CCSCCC(CC(=O)O)c1ccccc1)=[N+]=[N-])CC(=O)c1ccccc1. The Bertz CT molecular complexity index is 972. The van der Waals surface area contributed by atoms with Crippen LogP contribution in [0.25, 0.3) is 5.53 Å². The Hall–Kier alpha value is -3.02. The molecular formula is C26H30N2O4S. The molecule has 0 aromatic heterocycles. The van der Waals surface area contributed by atoms with Crippen molar-refractivity contribution < 1.29 is 24.3 Å². The van der Waals surface area contributed by atoms with E-state index in [-0.39, 0.29) is 48.4 Å². The Morgan fingerprint density at radius 1 is 0.939 bits per heavy atom. The number of rotatable bonds is 15. The van der Waals surface area contributed by atoms with Crippen molar-refractivity contribution in [2.45, 2.75) is 44.9 Å². The van der Waals surface area contributed by atoms with Gasteiger partial charge in [-0.05, 0) is 29.6 Å². The fraction of sp³-hybridized carbons (Fsp3) is 0.385. The molecule has 2 aromatic rings. The van der Waals surface area contributed by atoms with Crippen LogP contribution in [-0.2, 0) is 9.59 Å². The first-order chi connectivity index (χ1) is 15.9. The topological polar surface area (TPSA) is 108 Å². The van der Waals surface area contributed by atoms with E-state index >= 15 is 0 Å². The Morgan fingerprint density at radius 2 is 1.58 bits per heavy atom. The summed E-state index contributed by atoms with van der Waals surface area (Å²) in [6.07, 6.45) is 1.52. The number of nitrogens with zero attached hydrogens (tertiary/aromatic N) is 2. The maximum absolute atomic E-state index is 12.5. The molecule has 0 bridgehead atoms. The Balaban J connectivity index is 1.75. The van der Waals surface area contributed by atoms with Crippen LogP contribution >= 0.6 is 11.8 Å². The van der Waals surface area contributed by atoms with Crippen molar-refractivity contribution in [3.8, 4) is 0 Å². The summed E-state index contributed by atoms with van der Waals surface area (Å²) in [4.78, 5) is 39.2. The van der Waals surface area contributed by atoms with Crippen LogP contribution in [-0.4, -0.2) is 44.6 Å². The van der Waals surface area contributed by atoms with Crippen LogP contribution in [0, 0.1) is 5.92 Å². The van der Waals surface area contributed by atoms with Crippen molar-refractivity contribution in [2.75, 3.05) is 11.5 Å². The lowest BCUT2D eigenvalue weighted by atomic mass is 9.93. The summed E-state index contributed by atoms with van der Waals surface area (Å²) >= 11 is 1.60. The third-order valence-corrected chi connectivity index (χ3v) is 6.41. The van der Waals surface area contributed by atoms with Crippen molar-refractivity contribution in [3.05, 3.63) is 77.3 Å². The molecule has 0 heterocycles. The van der Waals surface area contributed by atoms with Gasteiger partial charge in [0, 0.05) is 24.2 Å². The number of carboxylic acid groups (broad SMARTS) is 1. The van der Waals surface area contributed by atoms with Gasteiger partial charge in [-0.15, -0.1) is 0 Å². The van der Waals surface area contributed by atoms with Crippen LogP contribution in [0.5, 0.6) is 0 Å². The van der Waals surface area contributed by atoms with Crippen LogP contribution in [0.2, 0.25) is 0 Å². The third kappa shape index (κ3) is 9.56. The second-order valence-corrected chi connectivity index (χ2v) is 9.35. The maximum atomic E-state index is 12.5. The van der Waals surface area contributed by atoms with E-state index in [0.29, 0.717) is 24.2 Å². The minimum atomic E-state index is -0.825.